The largest absolute Gasteiger partial charge is 0.328 e. The summed E-state index contributed by atoms with van der Waals surface area (Å²) in [6.45, 7) is 4.18. The smallest absolute Gasteiger partial charge is 0.238 e. The van der Waals surface area contributed by atoms with Crippen LogP contribution < -0.4 is 11.1 Å². The van der Waals surface area contributed by atoms with E-state index in [0.29, 0.717) is 28.2 Å². The maximum Gasteiger partial charge on any atom is 0.238 e. The van der Waals surface area contributed by atoms with Crippen LogP contribution in [0.25, 0.3) is 0 Å². The lowest BCUT2D eigenvalue weighted by atomic mass is 9.92. The molecule has 1 aromatic carbocycles. The molecule has 2 atom stereocenters. The first kappa shape index (κ1) is 19.5. The maximum atomic E-state index is 12.1. The van der Waals surface area contributed by atoms with Crippen LogP contribution in [0.1, 0.15) is 19.8 Å². The van der Waals surface area contributed by atoms with Gasteiger partial charge in [0.1, 0.15) is 0 Å². The van der Waals surface area contributed by atoms with Gasteiger partial charge in [0.05, 0.1) is 17.3 Å². The molecule has 0 spiro atoms. The van der Waals surface area contributed by atoms with Gasteiger partial charge in [-0.1, -0.05) is 23.2 Å². The van der Waals surface area contributed by atoms with E-state index in [1.807, 2.05) is 6.92 Å². The Morgan fingerprint density at radius 3 is 2.91 bits per heavy atom. The number of nitrogens with one attached hydrogen (secondary N) is 1. The molecular formula is C15H22Cl3N3O. The minimum atomic E-state index is -0.0792. The average molecular weight is 367 g/mol. The summed E-state index contributed by atoms with van der Waals surface area (Å²) in [6, 6.07) is 5.19. The first-order chi connectivity index (χ1) is 9.95. The number of piperidine rings is 1. The van der Waals surface area contributed by atoms with Crippen molar-refractivity contribution in [1.82, 2.24) is 4.90 Å². The number of benzene rings is 1. The molecule has 1 aliphatic heterocycles. The minimum Gasteiger partial charge on any atom is -0.328 e. The van der Waals surface area contributed by atoms with Crippen molar-refractivity contribution in [2.45, 2.75) is 25.8 Å². The van der Waals surface area contributed by atoms with Gasteiger partial charge in [0.2, 0.25) is 5.91 Å². The fraction of sp³-hybridized carbons (Fsp3) is 0.533. The van der Waals surface area contributed by atoms with Crippen LogP contribution in [-0.2, 0) is 4.79 Å². The predicted octanol–water partition coefficient (Wildman–Crippen LogP) is 3.41. The van der Waals surface area contributed by atoms with Crippen LogP contribution in [0.4, 0.5) is 5.69 Å². The fourth-order valence-corrected chi connectivity index (χ4v) is 2.99. The van der Waals surface area contributed by atoms with Gasteiger partial charge in [-0.3, -0.25) is 9.69 Å². The number of rotatable bonds is 4. The number of hydrogen-bond donors (Lipinski definition) is 2. The van der Waals surface area contributed by atoms with Crippen molar-refractivity contribution in [1.29, 1.82) is 0 Å². The lowest BCUT2D eigenvalue weighted by Gasteiger charge is -2.34. The highest BCUT2D eigenvalue weighted by molar-refractivity contribution is 6.35. The maximum absolute atomic E-state index is 12.1. The molecule has 1 saturated heterocycles. The van der Waals surface area contributed by atoms with Crippen molar-refractivity contribution in [2.75, 3.05) is 25.0 Å². The van der Waals surface area contributed by atoms with Crippen LogP contribution in [0.3, 0.4) is 0 Å². The lowest BCUT2D eigenvalue weighted by molar-refractivity contribution is -0.117. The minimum absolute atomic E-state index is 0. The number of carbonyl (C=O) groups excluding carboxylic acids is 1. The van der Waals surface area contributed by atoms with Crippen LogP contribution in [-0.4, -0.2) is 36.5 Å². The molecule has 2 unspecified atom stereocenters. The Morgan fingerprint density at radius 1 is 1.50 bits per heavy atom. The van der Waals surface area contributed by atoms with Gasteiger partial charge >= 0.3 is 0 Å². The van der Waals surface area contributed by atoms with Crippen molar-refractivity contribution < 1.29 is 4.79 Å². The molecule has 22 heavy (non-hydrogen) atoms. The zero-order valence-corrected chi connectivity index (χ0v) is 14.8. The second-order valence-electron chi connectivity index (χ2n) is 5.67. The highest BCUT2D eigenvalue weighted by Gasteiger charge is 2.24. The molecule has 3 N–H and O–H groups in total. The molecule has 0 aromatic heterocycles. The first-order valence-corrected chi connectivity index (χ1v) is 7.94. The number of anilines is 1. The molecule has 4 nitrogen and oxygen atoms in total. The molecule has 1 fully saturated rings. The molecule has 1 aliphatic rings. The summed E-state index contributed by atoms with van der Waals surface area (Å²) in [5.74, 6) is 0.380. The van der Waals surface area contributed by atoms with Crippen LogP contribution in [0, 0.1) is 5.92 Å². The normalized spacial score (nSPS) is 20.1. The summed E-state index contributed by atoms with van der Waals surface area (Å²) in [7, 11) is 0. The Labute approximate surface area is 147 Å². The van der Waals surface area contributed by atoms with E-state index in [2.05, 4.69) is 10.2 Å². The third-order valence-corrected chi connectivity index (χ3v) is 4.42. The molecular weight excluding hydrogens is 345 g/mol. The Kier molecular flexibility index (Phi) is 7.94. The van der Waals surface area contributed by atoms with Crippen LogP contribution >= 0.6 is 35.6 Å². The number of halogens is 3. The van der Waals surface area contributed by atoms with Crippen LogP contribution in [0.15, 0.2) is 18.2 Å². The Balaban J connectivity index is 0.00000242. The molecule has 1 aromatic rings. The van der Waals surface area contributed by atoms with E-state index in [1.54, 1.807) is 18.2 Å². The summed E-state index contributed by atoms with van der Waals surface area (Å²) in [5.41, 5.74) is 6.51. The first-order valence-electron chi connectivity index (χ1n) is 7.18. The van der Waals surface area contributed by atoms with Crippen molar-refractivity contribution in [3.63, 3.8) is 0 Å². The Bertz CT molecular complexity index is 511. The van der Waals surface area contributed by atoms with Gasteiger partial charge in [0.15, 0.2) is 0 Å². The lowest BCUT2D eigenvalue weighted by Crippen LogP contribution is -2.45. The SMILES string of the molecule is CC(N)C1CCCN(CC(=O)Nc2cc(Cl)ccc2Cl)C1.Cl. The zero-order chi connectivity index (χ0) is 15.4. The van der Waals surface area contributed by atoms with Gasteiger partial charge in [-0.2, -0.15) is 0 Å². The number of carbonyl (C=O) groups is 1. The molecule has 0 radical (unpaired) electrons. The van der Waals surface area contributed by atoms with E-state index in [-0.39, 0.29) is 24.4 Å². The van der Waals surface area contributed by atoms with E-state index in [0.717, 1.165) is 25.9 Å². The average Bonchev–Trinajstić information content (AvgIpc) is 2.43. The molecule has 0 bridgehead atoms. The van der Waals surface area contributed by atoms with Gasteiger partial charge in [-0.25, -0.2) is 0 Å². The topological polar surface area (TPSA) is 58.4 Å². The van der Waals surface area contributed by atoms with E-state index in [9.17, 15) is 4.79 Å². The van der Waals surface area contributed by atoms with E-state index < -0.39 is 0 Å². The zero-order valence-electron chi connectivity index (χ0n) is 12.5. The quantitative estimate of drug-likeness (QED) is 0.858. The third-order valence-electron chi connectivity index (χ3n) is 3.86. The highest BCUT2D eigenvalue weighted by atomic mass is 35.5. The van der Waals surface area contributed by atoms with Gasteiger partial charge in [-0.05, 0) is 50.4 Å². The molecule has 2 rings (SSSR count). The standard InChI is InChI=1S/C15H21Cl2N3O.ClH/c1-10(18)11-3-2-6-20(8-11)9-15(21)19-14-7-12(16)4-5-13(14)17;/h4-5,7,10-11H,2-3,6,8-9,18H2,1H3,(H,19,21);1H. The fourth-order valence-electron chi connectivity index (χ4n) is 2.65. The number of nitrogens with zero attached hydrogens (tertiary/aromatic N) is 1. The summed E-state index contributed by atoms with van der Waals surface area (Å²) >= 11 is 12.0. The van der Waals surface area contributed by atoms with Crippen molar-refractivity contribution >= 4 is 47.2 Å². The molecule has 1 amide bonds. The summed E-state index contributed by atoms with van der Waals surface area (Å²) < 4.78 is 0. The molecule has 0 aliphatic carbocycles. The second-order valence-corrected chi connectivity index (χ2v) is 6.51. The van der Waals surface area contributed by atoms with E-state index in [1.165, 1.54) is 0 Å². The van der Waals surface area contributed by atoms with Crippen molar-refractivity contribution in [3.8, 4) is 0 Å². The van der Waals surface area contributed by atoms with Gasteiger partial charge in [0.25, 0.3) is 0 Å². The second kappa shape index (κ2) is 8.94. The molecule has 1 heterocycles. The molecule has 124 valence electrons. The number of amides is 1. The molecule has 0 saturated carbocycles. The number of nitrogens with two attached hydrogens (primary N) is 1. The highest BCUT2D eigenvalue weighted by Crippen LogP contribution is 2.25. The summed E-state index contributed by atoms with van der Waals surface area (Å²) in [4.78, 5) is 14.3. The van der Waals surface area contributed by atoms with Crippen molar-refractivity contribution in [3.05, 3.63) is 28.2 Å². The summed E-state index contributed by atoms with van der Waals surface area (Å²) in [6.07, 6.45) is 2.22. The number of likely N-dealkylation sites (tertiary alicyclic amines) is 1. The Hall–Kier alpha value is -0.520. The molecule has 7 heteroatoms. The monoisotopic (exact) mass is 365 g/mol. The van der Waals surface area contributed by atoms with E-state index in [4.69, 9.17) is 28.9 Å². The van der Waals surface area contributed by atoms with Crippen LogP contribution in [0.2, 0.25) is 10.0 Å². The summed E-state index contributed by atoms with van der Waals surface area (Å²) in [5, 5.41) is 3.85. The number of hydrogen-bond acceptors (Lipinski definition) is 3. The Morgan fingerprint density at radius 2 is 2.23 bits per heavy atom. The van der Waals surface area contributed by atoms with Gasteiger partial charge in [0, 0.05) is 17.6 Å². The van der Waals surface area contributed by atoms with Gasteiger partial charge < -0.3 is 11.1 Å². The third kappa shape index (κ3) is 5.60. The predicted molar refractivity (Wildman–Crippen MR) is 95.2 cm³/mol. The van der Waals surface area contributed by atoms with Crippen LogP contribution in [0.5, 0.6) is 0 Å². The van der Waals surface area contributed by atoms with Crippen molar-refractivity contribution in [2.24, 2.45) is 11.7 Å². The van der Waals surface area contributed by atoms with E-state index >= 15 is 0 Å². The van der Waals surface area contributed by atoms with Gasteiger partial charge in [-0.15, -0.1) is 12.4 Å².